The van der Waals surface area contributed by atoms with Gasteiger partial charge < -0.3 is 40.7 Å². The third-order valence-electron chi connectivity index (χ3n) is 9.24. The summed E-state index contributed by atoms with van der Waals surface area (Å²) >= 11 is 23.4. The van der Waals surface area contributed by atoms with Crippen LogP contribution in [-0.2, 0) is 41.3 Å². The van der Waals surface area contributed by atoms with Crippen LogP contribution >= 0.6 is 53.8 Å². The predicted octanol–water partition coefficient (Wildman–Crippen LogP) is 8.26. The number of alkyl halides is 4. The summed E-state index contributed by atoms with van der Waals surface area (Å²) in [6, 6.07) is 7.04. The Hall–Kier alpha value is -4.54. The van der Waals surface area contributed by atoms with E-state index in [4.69, 9.17) is 71.6 Å². The van der Waals surface area contributed by atoms with Crippen molar-refractivity contribution in [2.24, 2.45) is 5.73 Å². The first kappa shape index (κ1) is 64.5. The molecule has 0 radical (unpaired) electrons. The zero-order valence-corrected chi connectivity index (χ0v) is 45.3. The van der Waals surface area contributed by atoms with Crippen molar-refractivity contribution in [3.63, 3.8) is 0 Å². The number of nitrogens with one attached hydrogen (secondary N) is 2. The summed E-state index contributed by atoms with van der Waals surface area (Å²) in [5.74, 6) is -2.20. The number of esters is 1. The number of aryl methyl sites for hydroxylation is 3. The van der Waals surface area contributed by atoms with Gasteiger partial charge in [0.15, 0.2) is 13.2 Å². The average Bonchev–Trinajstić information content (AvgIpc) is 3.56. The number of halogens is 7. The number of aliphatic carboxylic acids is 1. The number of para-hydroxylation sites is 1. The number of ether oxygens (including phenoxy) is 2. The fraction of sp³-hybridized carbons (Fsp3) is 0.545. The molecule has 398 valence electrons. The van der Waals surface area contributed by atoms with Crippen molar-refractivity contribution in [3.05, 3.63) is 79.5 Å². The topological polar surface area (TPSA) is 259 Å². The predicted molar refractivity (Wildman–Crippen MR) is 272 cm³/mol. The lowest BCUT2D eigenvalue weighted by Gasteiger charge is -2.31. The van der Waals surface area contributed by atoms with Crippen LogP contribution in [0.3, 0.4) is 0 Å². The largest absolute Gasteiger partial charge is 0.480 e. The Bertz CT molecular complexity index is 2480. The summed E-state index contributed by atoms with van der Waals surface area (Å²) in [6.07, 6.45) is 0.763. The molecular weight excluding hydrogens is 1040 g/mol. The monoisotopic (exact) mass is 1100 g/mol. The van der Waals surface area contributed by atoms with E-state index in [2.05, 4.69) is 43.7 Å². The van der Waals surface area contributed by atoms with Gasteiger partial charge in [-0.25, -0.2) is 13.8 Å². The van der Waals surface area contributed by atoms with Crippen molar-refractivity contribution in [2.75, 3.05) is 61.1 Å². The number of aromatic nitrogens is 6. The lowest BCUT2D eigenvalue weighted by molar-refractivity contribution is -0.142. The number of carboxylic acids is 1. The highest BCUT2D eigenvalue weighted by Gasteiger charge is 2.26. The molecule has 27 heteroatoms. The van der Waals surface area contributed by atoms with Crippen molar-refractivity contribution < 1.29 is 51.6 Å². The quantitative estimate of drug-likeness (QED) is 0.0336. The highest BCUT2D eigenvalue weighted by Crippen LogP contribution is 2.36. The SMILES string of the molecule is CCNc1nc(Cl)nc(NC(C)(C)C)n1.CCOC(=O)C(Cl)Cc1cc(-n2nc(C)n(C(F)F)c2=O)c(F)cc1Cl.CCc1cccc(C)c1N(C(=O)CCl)C(C)COC.CP(=O)(O)CCC(N)C(=O)O. The van der Waals surface area contributed by atoms with Gasteiger partial charge in [-0.2, -0.15) is 28.4 Å². The molecule has 0 aliphatic rings. The molecule has 0 spiro atoms. The molecule has 0 fully saturated rings. The zero-order chi connectivity index (χ0) is 54.6. The molecule has 6 N–H and O–H groups in total. The molecule has 2 aromatic heterocycles. The Labute approximate surface area is 431 Å². The van der Waals surface area contributed by atoms with Crippen LogP contribution in [0.2, 0.25) is 10.3 Å². The van der Waals surface area contributed by atoms with Gasteiger partial charge in [0.05, 0.1) is 24.9 Å². The van der Waals surface area contributed by atoms with Gasteiger partial charge in [-0.3, -0.25) is 18.9 Å². The number of benzene rings is 2. The standard InChI is InChI=1S/C15H14Cl2F3N3O3.C15H22ClNO2.C9H16ClN5.C5H12NO4P/c1-3-26-13(24)10(17)4-8-5-12(11(18)6-9(8)16)23-15(25)22(14(19)20)7(2)21-23;1-5-13-8-6-7-11(2)15(13)17(14(18)9-16)12(3)10-19-4;1-5-11-7-12-6(10)13-8(14-7)15-9(2,3)4;1-11(9,10)3-2-4(6)5(7)8/h5-6,10,14H,3-4H2,1-2H3;6-8,12H,5,9-10H2,1-4H3;5H2,1-4H3,(H2,11,12,13,14,15);4H,2-3,6H2,1H3,(H,7,8)(H,9,10). The van der Waals surface area contributed by atoms with Crippen molar-refractivity contribution in [1.29, 1.82) is 0 Å². The van der Waals surface area contributed by atoms with Gasteiger partial charge in [-0.05, 0) is 109 Å². The number of hydrogen-bond donors (Lipinski definition) is 5. The van der Waals surface area contributed by atoms with Gasteiger partial charge in [0.1, 0.15) is 28.8 Å². The van der Waals surface area contributed by atoms with Gasteiger partial charge in [-0.15, -0.1) is 28.3 Å². The van der Waals surface area contributed by atoms with Crippen molar-refractivity contribution in [2.45, 2.75) is 111 Å². The van der Waals surface area contributed by atoms with E-state index in [-0.39, 0.29) is 80.9 Å². The van der Waals surface area contributed by atoms with Crippen molar-refractivity contribution in [3.8, 4) is 5.69 Å². The maximum atomic E-state index is 14.2. The number of hydrogen-bond acceptors (Lipinski definition) is 14. The van der Waals surface area contributed by atoms with Gasteiger partial charge in [-0.1, -0.05) is 36.7 Å². The van der Waals surface area contributed by atoms with Crippen molar-refractivity contribution >= 4 is 89.2 Å². The zero-order valence-electron chi connectivity index (χ0n) is 41.4. The molecule has 4 rings (SSSR count). The normalized spacial score (nSPS) is 13.1. The Morgan fingerprint density at radius 2 is 1.66 bits per heavy atom. The summed E-state index contributed by atoms with van der Waals surface area (Å²) in [5.41, 5.74) is 6.83. The van der Waals surface area contributed by atoms with Gasteiger partial charge in [0.2, 0.25) is 23.1 Å². The summed E-state index contributed by atoms with van der Waals surface area (Å²) < 4.78 is 61.3. The molecule has 71 heavy (non-hydrogen) atoms. The number of nitrogens with zero attached hydrogens (tertiary/aromatic N) is 7. The second kappa shape index (κ2) is 30.5. The third-order valence-corrected chi connectivity index (χ3v) is 11.4. The highest BCUT2D eigenvalue weighted by molar-refractivity contribution is 7.57. The van der Waals surface area contributed by atoms with E-state index in [0.29, 0.717) is 23.2 Å². The molecule has 0 aliphatic heterocycles. The number of nitrogens with two attached hydrogens (primary N) is 1. The average molecular weight is 1110 g/mol. The smallest absolute Gasteiger partial charge is 0.355 e. The maximum absolute atomic E-state index is 14.2. The molecule has 4 unspecified atom stereocenters. The summed E-state index contributed by atoms with van der Waals surface area (Å²) in [7, 11) is -1.47. The van der Waals surface area contributed by atoms with Crippen LogP contribution in [0, 0.1) is 19.7 Å². The van der Waals surface area contributed by atoms with Gasteiger partial charge in [0, 0.05) is 43.5 Å². The first-order valence-corrected chi connectivity index (χ1v) is 25.9. The van der Waals surface area contributed by atoms with Crippen molar-refractivity contribution in [1.82, 2.24) is 29.3 Å². The molecule has 0 saturated carbocycles. The minimum Gasteiger partial charge on any atom is -0.480 e. The Balaban J connectivity index is 0.000000497. The second-order valence-corrected chi connectivity index (χ2v) is 20.6. The Kier molecular flexibility index (Phi) is 27.7. The molecule has 0 aliphatic carbocycles. The van der Waals surface area contributed by atoms with E-state index in [1.165, 1.54) is 13.6 Å². The fourth-order valence-electron chi connectivity index (χ4n) is 6.07. The lowest BCUT2D eigenvalue weighted by Crippen LogP contribution is -2.43. The fourth-order valence-corrected chi connectivity index (χ4v) is 7.57. The molecule has 4 atom stereocenters. The van der Waals surface area contributed by atoms with Crippen LogP contribution in [-0.4, -0.2) is 126 Å². The second-order valence-electron chi connectivity index (χ2n) is 16.5. The van der Waals surface area contributed by atoms with Crippen LogP contribution in [0.4, 0.5) is 30.8 Å². The van der Waals surface area contributed by atoms with Gasteiger partial charge >= 0.3 is 24.2 Å². The van der Waals surface area contributed by atoms with Crippen LogP contribution in [0.25, 0.3) is 5.69 Å². The van der Waals surface area contributed by atoms with E-state index in [9.17, 15) is 36.9 Å². The third kappa shape index (κ3) is 22.0. The molecule has 2 heterocycles. The van der Waals surface area contributed by atoms with E-state index < -0.39 is 48.8 Å². The Morgan fingerprint density at radius 3 is 2.15 bits per heavy atom. The minimum absolute atomic E-state index is 0.0223. The molecule has 1 amide bonds. The molecular formula is C44H64Cl4F3N10O9P. The molecule has 2 aromatic carbocycles. The number of carbonyl (C=O) groups is 3. The molecule has 0 bridgehead atoms. The van der Waals surface area contributed by atoms with Crippen LogP contribution in [0.5, 0.6) is 0 Å². The summed E-state index contributed by atoms with van der Waals surface area (Å²) in [4.78, 5) is 68.7. The lowest BCUT2D eigenvalue weighted by atomic mass is 10.0. The van der Waals surface area contributed by atoms with E-state index >= 15 is 0 Å². The molecule has 19 nitrogen and oxygen atoms in total. The minimum atomic E-state index is -3.12. The first-order valence-electron chi connectivity index (χ1n) is 21.9. The number of amides is 1. The van der Waals surface area contributed by atoms with Crippen LogP contribution in [0.15, 0.2) is 35.1 Å². The highest BCUT2D eigenvalue weighted by atomic mass is 35.5. The first-order chi connectivity index (χ1) is 33.0. The summed E-state index contributed by atoms with van der Waals surface area (Å²) in [5, 5.41) is 17.1. The number of rotatable bonds is 19. The number of carbonyl (C=O) groups excluding carboxylic acids is 2. The number of anilines is 3. The maximum Gasteiger partial charge on any atom is 0.355 e. The molecule has 4 aromatic rings. The Morgan fingerprint density at radius 1 is 1.04 bits per heavy atom. The summed E-state index contributed by atoms with van der Waals surface area (Å²) in [6.45, 7) is 16.3. The van der Waals surface area contributed by atoms with E-state index in [0.717, 1.165) is 41.9 Å². The van der Waals surface area contributed by atoms with Crippen LogP contribution < -0.4 is 27.0 Å². The number of methoxy groups -OCH3 is 1. The molecule has 0 saturated heterocycles. The van der Waals surface area contributed by atoms with Crippen LogP contribution in [0.1, 0.15) is 84.0 Å². The van der Waals surface area contributed by atoms with E-state index in [1.54, 1.807) is 18.9 Å². The number of carboxylic acid groups (broad SMARTS) is 1. The van der Waals surface area contributed by atoms with E-state index in [1.807, 2.05) is 53.7 Å². The van der Waals surface area contributed by atoms with Gasteiger partial charge in [0.25, 0.3) is 0 Å².